The summed E-state index contributed by atoms with van der Waals surface area (Å²) >= 11 is 0. The third-order valence-corrected chi connectivity index (χ3v) is 14.8. The molecule has 1 unspecified atom stereocenters. The second-order valence-electron chi connectivity index (χ2n) is 18.9. The van der Waals surface area contributed by atoms with Gasteiger partial charge in [0.25, 0.3) is 5.91 Å². The summed E-state index contributed by atoms with van der Waals surface area (Å²) in [5.74, 6) is -4.66. The predicted molar refractivity (Wildman–Crippen MR) is 227 cm³/mol. The lowest BCUT2D eigenvalue weighted by Crippen LogP contribution is -2.75. The summed E-state index contributed by atoms with van der Waals surface area (Å²) < 4.78 is 24.4. The van der Waals surface area contributed by atoms with Gasteiger partial charge in [0.15, 0.2) is 11.9 Å². The Hall–Kier alpha value is -4.39. The lowest BCUT2D eigenvalue weighted by molar-refractivity contribution is -0.302. The Labute approximate surface area is 360 Å². The van der Waals surface area contributed by atoms with Crippen molar-refractivity contribution in [3.05, 3.63) is 82.9 Å². The first-order chi connectivity index (χ1) is 28.8. The SMILES string of the molecule is CCCCCCCCC(=O)O[C@@H](C(=O)O[C@H]1C[C@@]2(O)[C@@H](C)C3[C@]4(C)CO[C@@H]4C[C@H](O)[C@@]3(C)C(=O)[C@H](OC(C)=O)C(=C1C)C2(C)C)[C@@H](NC(=O)c1ccccc1)c1ccccc1. The van der Waals surface area contributed by atoms with Crippen molar-refractivity contribution in [2.75, 3.05) is 6.61 Å². The van der Waals surface area contributed by atoms with Crippen LogP contribution in [0.3, 0.4) is 0 Å². The maximum Gasteiger partial charge on any atom is 0.350 e. The normalized spacial score (nSPS) is 32.4. The maximum absolute atomic E-state index is 15.2. The Morgan fingerprint density at radius 2 is 1.54 bits per heavy atom. The number of ether oxygens (including phenoxy) is 4. The fourth-order valence-corrected chi connectivity index (χ4v) is 11.3. The van der Waals surface area contributed by atoms with E-state index in [1.54, 1.807) is 88.4 Å². The van der Waals surface area contributed by atoms with Gasteiger partial charge in [0.05, 0.1) is 29.8 Å². The number of hydrogen-bond donors (Lipinski definition) is 3. The van der Waals surface area contributed by atoms with Crippen LogP contribution in [0.25, 0.3) is 0 Å². The van der Waals surface area contributed by atoms with E-state index >= 15 is 4.79 Å². The summed E-state index contributed by atoms with van der Waals surface area (Å²) in [7, 11) is 0. The monoisotopic (exact) mass is 843 g/mol. The Balaban J connectivity index is 1.42. The number of esters is 3. The molecule has 1 saturated heterocycles. The number of aliphatic hydroxyl groups excluding tert-OH is 1. The van der Waals surface area contributed by atoms with Crippen LogP contribution in [0.15, 0.2) is 71.8 Å². The van der Waals surface area contributed by atoms with Gasteiger partial charge < -0.3 is 34.5 Å². The molecule has 6 rings (SSSR count). The molecule has 61 heavy (non-hydrogen) atoms. The third-order valence-electron chi connectivity index (χ3n) is 14.8. The number of carbonyl (C=O) groups excluding carboxylic acids is 5. The topological polar surface area (TPSA) is 175 Å². The highest BCUT2D eigenvalue weighted by Crippen LogP contribution is 2.67. The van der Waals surface area contributed by atoms with Gasteiger partial charge in [0.2, 0.25) is 6.10 Å². The van der Waals surface area contributed by atoms with E-state index in [-0.39, 0.29) is 30.9 Å². The summed E-state index contributed by atoms with van der Waals surface area (Å²) in [6, 6.07) is 16.0. The Bertz CT molecular complexity index is 1980. The van der Waals surface area contributed by atoms with E-state index in [9.17, 15) is 29.4 Å². The van der Waals surface area contributed by atoms with Crippen LogP contribution in [0, 0.1) is 28.1 Å². The van der Waals surface area contributed by atoms with Gasteiger partial charge in [-0.2, -0.15) is 0 Å². The van der Waals surface area contributed by atoms with Crippen LogP contribution >= 0.6 is 0 Å². The fraction of sp³-hybridized carbons (Fsp3) is 0.612. The highest BCUT2D eigenvalue weighted by molar-refractivity contribution is 5.96. The van der Waals surface area contributed by atoms with Crippen LogP contribution in [-0.2, 0) is 38.1 Å². The van der Waals surface area contributed by atoms with Crippen LogP contribution in [0.4, 0.5) is 0 Å². The summed E-state index contributed by atoms with van der Waals surface area (Å²) in [5.41, 5.74) is -3.50. The maximum atomic E-state index is 15.2. The first-order valence-electron chi connectivity index (χ1n) is 22.1. The average molecular weight is 844 g/mol. The van der Waals surface area contributed by atoms with Gasteiger partial charge in [-0.05, 0) is 60.9 Å². The number of carbonyl (C=O) groups is 5. The largest absolute Gasteiger partial charge is 0.455 e. The van der Waals surface area contributed by atoms with E-state index in [0.29, 0.717) is 29.7 Å². The number of aliphatic hydroxyl groups is 2. The minimum Gasteiger partial charge on any atom is -0.455 e. The number of amides is 1. The fourth-order valence-electron chi connectivity index (χ4n) is 11.3. The standard InChI is InChI=1S/C49H65NO11/c1-9-10-11-12-13-20-25-37(53)61-41(39(32-21-16-14-17-22-32)50-44(55)33-23-18-15-19-24-33)45(56)60-34-27-49(57)30(3)42-47(7)28-58-36(47)26-35(52)48(42,8)43(54)40(59-31(4)51)38(29(34)2)46(49,5)6/h14-19,21-24,30,34-36,39-42,52,57H,9-13,20,25-28H2,1-8H3,(H,50,55)/t30-,34-,35-,36+,39-,40+,41+,42?,47+,48+,49+/m0/s1. The van der Waals surface area contributed by atoms with E-state index in [2.05, 4.69) is 12.2 Å². The van der Waals surface area contributed by atoms with Crippen LogP contribution in [0.1, 0.15) is 135 Å². The molecule has 3 fully saturated rings. The van der Waals surface area contributed by atoms with Gasteiger partial charge in [-0.1, -0.05) is 115 Å². The summed E-state index contributed by atoms with van der Waals surface area (Å²) in [6.07, 6.45) is -0.205. The second kappa shape index (κ2) is 18.1. The smallest absolute Gasteiger partial charge is 0.350 e. The summed E-state index contributed by atoms with van der Waals surface area (Å²) in [6.45, 7) is 14.5. The Kier molecular flexibility index (Phi) is 13.7. The van der Waals surface area contributed by atoms with Gasteiger partial charge in [-0.3, -0.25) is 19.2 Å². The van der Waals surface area contributed by atoms with Gasteiger partial charge >= 0.3 is 17.9 Å². The molecule has 3 aliphatic carbocycles. The number of ketones is 1. The molecule has 2 aromatic rings. The van der Waals surface area contributed by atoms with Crippen LogP contribution in [0.5, 0.6) is 0 Å². The molecule has 0 radical (unpaired) electrons. The third kappa shape index (κ3) is 8.44. The van der Waals surface area contributed by atoms with E-state index < -0.39 is 93.7 Å². The minimum atomic E-state index is -1.71. The molecule has 11 atom stereocenters. The molecule has 2 bridgehead atoms. The number of rotatable bonds is 15. The van der Waals surface area contributed by atoms with Crippen molar-refractivity contribution in [3.63, 3.8) is 0 Å². The van der Waals surface area contributed by atoms with Gasteiger partial charge in [-0.25, -0.2) is 4.79 Å². The Morgan fingerprint density at radius 3 is 2.15 bits per heavy atom. The number of fused-ring (bicyclic) bond motifs is 5. The molecule has 332 valence electrons. The van der Waals surface area contributed by atoms with E-state index in [1.165, 1.54) is 6.92 Å². The van der Waals surface area contributed by atoms with E-state index in [1.807, 2.05) is 13.8 Å². The van der Waals surface area contributed by atoms with Crippen molar-refractivity contribution >= 4 is 29.6 Å². The molecule has 12 nitrogen and oxygen atoms in total. The summed E-state index contributed by atoms with van der Waals surface area (Å²) in [5, 5.41) is 28.1. The summed E-state index contributed by atoms with van der Waals surface area (Å²) in [4.78, 5) is 70.5. The number of nitrogens with one attached hydrogen (secondary N) is 1. The molecule has 1 amide bonds. The number of benzene rings is 2. The lowest BCUT2D eigenvalue weighted by Gasteiger charge is -2.68. The first kappa shape index (κ1) is 46.1. The zero-order chi connectivity index (χ0) is 44.5. The highest BCUT2D eigenvalue weighted by atomic mass is 16.6. The predicted octanol–water partition coefficient (Wildman–Crippen LogP) is 7.15. The molecule has 1 aliphatic heterocycles. The van der Waals surface area contributed by atoms with Crippen LogP contribution in [-0.4, -0.2) is 82.5 Å². The molecule has 0 spiro atoms. The average Bonchev–Trinajstić information content (AvgIpc) is 3.22. The van der Waals surface area contributed by atoms with E-state index in [4.69, 9.17) is 18.9 Å². The van der Waals surface area contributed by atoms with Crippen molar-refractivity contribution in [2.45, 2.75) is 155 Å². The van der Waals surface area contributed by atoms with Gasteiger partial charge in [0.1, 0.15) is 12.1 Å². The second-order valence-corrected chi connectivity index (χ2v) is 18.9. The molecule has 4 aliphatic rings. The molecular weight excluding hydrogens is 779 g/mol. The van der Waals surface area contributed by atoms with Crippen molar-refractivity contribution < 1.29 is 53.1 Å². The van der Waals surface area contributed by atoms with Crippen LogP contribution in [0.2, 0.25) is 0 Å². The minimum absolute atomic E-state index is 0.0453. The number of unbranched alkanes of at least 4 members (excludes halogenated alkanes) is 5. The number of hydrogen-bond acceptors (Lipinski definition) is 11. The molecule has 3 N–H and O–H groups in total. The number of Topliss-reactive ketones (excluding diaryl/α,β-unsaturated/α-hetero) is 1. The lowest BCUT2D eigenvalue weighted by atomic mass is 9.40. The van der Waals surface area contributed by atoms with Gasteiger partial charge in [-0.15, -0.1) is 0 Å². The van der Waals surface area contributed by atoms with Gasteiger partial charge in [0, 0.05) is 42.6 Å². The molecular formula is C49H65NO11. The molecule has 2 saturated carbocycles. The quantitative estimate of drug-likeness (QED) is 0.0719. The van der Waals surface area contributed by atoms with E-state index in [0.717, 1.165) is 32.1 Å². The zero-order valence-corrected chi connectivity index (χ0v) is 37.0. The first-order valence-corrected chi connectivity index (χ1v) is 22.1. The highest BCUT2D eigenvalue weighted by Gasteiger charge is 2.73. The molecule has 2 aromatic carbocycles. The molecule has 12 heteroatoms. The Morgan fingerprint density at radius 1 is 0.918 bits per heavy atom. The van der Waals surface area contributed by atoms with Crippen LogP contribution < -0.4 is 5.32 Å². The van der Waals surface area contributed by atoms with Crippen molar-refractivity contribution in [1.29, 1.82) is 0 Å². The van der Waals surface area contributed by atoms with Crippen molar-refractivity contribution in [1.82, 2.24) is 5.32 Å². The zero-order valence-electron chi connectivity index (χ0n) is 37.0. The molecule has 1 heterocycles. The van der Waals surface area contributed by atoms with Crippen molar-refractivity contribution in [2.24, 2.45) is 28.1 Å². The molecule has 0 aromatic heterocycles. The van der Waals surface area contributed by atoms with Crippen molar-refractivity contribution in [3.8, 4) is 0 Å².